The van der Waals surface area contributed by atoms with Crippen LogP contribution in [0.25, 0.3) is 23.3 Å². The van der Waals surface area contributed by atoms with Crippen LogP contribution in [0.4, 0.5) is 4.39 Å². The van der Waals surface area contributed by atoms with E-state index in [1.54, 1.807) is 24.3 Å². The van der Waals surface area contributed by atoms with Crippen molar-refractivity contribution in [1.82, 2.24) is 25.4 Å². The van der Waals surface area contributed by atoms with Gasteiger partial charge in [0.25, 0.3) is 5.91 Å². The number of halogens is 2. The highest BCUT2D eigenvalue weighted by molar-refractivity contribution is 9.10. The summed E-state index contributed by atoms with van der Waals surface area (Å²) in [5, 5.41) is 24.5. The lowest BCUT2D eigenvalue weighted by Gasteiger charge is -2.17. The number of rotatable bonds is 7. The summed E-state index contributed by atoms with van der Waals surface area (Å²) >= 11 is 3.09. The van der Waals surface area contributed by atoms with Gasteiger partial charge in [-0.05, 0) is 69.8 Å². The lowest BCUT2D eigenvalue weighted by atomic mass is 9.72. The first-order valence-corrected chi connectivity index (χ1v) is 11.5. The molecule has 0 saturated carbocycles. The minimum atomic E-state index is -1.22. The molecular weight excluding hydrogens is 540 g/mol. The fourth-order valence-electron chi connectivity index (χ4n) is 3.80. The number of carbonyl (C=O) groups is 1. The third kappa shape index (κ3) is 4.47. The molecular formula is C22H16BBrFN5O6. The van der Waals surface area contributed by atoms with Gasteiger partial charge in [-0.1, -0.05) is 22.4 Å². The second-order valence-corrected chi connectivity index (χ2v) is 8.58. The average Bonchev–Trinajstić information content (AvgIpc) is 3.49. The molecule has 0 atom stereocenters. The van der Waals surface area contributed by atoms with Crippen LogP contribution in [0.2, 0.25) is 0 Å². The second kappa shape index (κ2) is 9.91. The Bertz CT molecular complexity index is 1530. The molecule has 0 bridgehead atoms. The van der Waals surface area contributed by atoms with Crippen molar-refractivity contribution in [2.45, 2.75) is 12.8 Å². The summed E-state index contributed by atoms with van der Waals surface area (Å²) in [4.78, 5) is 25.0. The number of nitrogens with zero attached hydrogens (tertiary/aromatic N) is 4. The number of nitrogens with one attached hydrogen (secondary N) is 1. The minimum absolute atomic E-state index is 0.0387. The predicted octanol–water partition coefficient (Wildman–Crippen LogP) is 1.83. The topological polar surface area (TPSA) is 146 Å². The molecule has 3 heterocycles. The smallest absolute Gasteiger partial charge is 0.538 e. The van der Waals surface area contributed by atoms with Gasteiger partial charge in [0.15, 0.2) is 5.69 Å². The first kappa shape index (κ1) is 23.7. The molecule has 0 saturated heterocycles. The molecule has 0 fully saturated rings. The highest BCUT2D eigenvalue weighted by Crippen LogP contribution is 2.24. The Morgan fingerprint density at radius 1 is 1.22 bits per heavy atom. The number of hydrogen-bond acceptors (Lipinski definition) is 9. The van der Waals surface area contributed by atoms with Crippen LogP contribution in [0.1, 0.15) is 28.0 Å². The number of aryl methyl sites for hydroxylation is 1. The molecule has 2 aromatic carbocycles. The molecule has 14 heteroatoms. The van der Waals surface area contributed by atoms with Crippen molar-refractivity contribution in [3.8, 4) is 17.2 Å². The van der Waals surface area contributed by atoms with Crippen LogP contribution in [-0.4, -0.2) is 44.6 Å². The van der Waals surface area contributed by atoms with E-state index in [9.17, 15) is 19.0 Å². The fourth-order valence-corrected chi connectivity index (χ4v) is 4.17. The lowest BCUT2D eigenvalue weighted by Crippen LogP contribution is -2.42. The van der Waals surface area contributed by atoms with Crippen molar-refractivity contribution in [1.29, 1.82) is 0 Å². The maximum atomic E-state index is 13.7. The van der Waals surface area contributed by atoms with Gasteiger partial charge in [-0.3, -0.25) is 9.32 Å². The van der Waals surface area contributed by atoms with Crippen LogP contribution >= 0.6 is 15.9 Å². The predicted molar refractivity (Wildman–Crippen MR) is 128 cm³/mol. The molecule has 0 aliphatic carbocycles. The molecule has 5 rings (SSSR count). The van der Waals surface area contributed by atoms with Crippen LogP contribution in [0, 0.1) is 5.82 Å². The molecule has 36 heavy (non-hydrogen) atoms. The first-order valence-electron chi connectivity index (χ1n) is 10.7. The van der Waals surface area contributed by atoms with E-state index in [4.69, 9.17) is 13.8 Å². The van der Waals surface area contributed by atoms with Crippen molar-refractivity contribution in [2.24, 2.45) is 0 Å². The molecule has 2 aromatic heterocycles. The number of hydrogen-bond donors (Lipinski definition) is 2. The molecule has 1 aliphatic rings. The summed E-state index contributed by atoms with van der Waals surface area (Å²) in [5.74, 6) is -1.62. The Labute approximate surface area is 210 Å². The number of aromatic nitrogens is 4. The van der Waals surface area contributed by atoms with E-state index in [0.29, 0.717) is 40.8 Å². The van der Waals surface area contributed by atoms with E-state index in [0.717, 1.165) is 4.57 Å². The zero-order valence-electron chi connectivity index (χ0n) is 18.4. The first-order chi connectivity index (χ1) is 17.4. The van der Waals surface area contributed by atoms with Gasteiger partial charge in [0.05, 0.1) is 16.4 Å². The lowest BCUT2D eigenvalue weighted by molar-refractivity contribution is 0.0953. The molecule has 0 radical (unpaired) electrons. The average molecular weight is 556 g/mol. The van der Waals surface area contributed by atoms with E-state index < -0.39 is 18.7 Å². The standard InChI is InChI=1S/C22H16BBrFN5O6/c24-15-11-13(6-7-16(15)25)30-20(29-35-22(30)32)19-17(27-36-28-19)5-2-9-26-21(31)14-4-1-3-12-8-10-34-23(33)18(12)14/h1,3-4,6-8,10-11,33H,2,5,9H2,(H,26,31). The fraction of sp³-hybridized carbons (Fsp3) is 0.136. The molecule has 2 N–H and O–H groups in total. The van der Waals surface area contributed by atoms with Crippen molar-refractivity contribution in [3.05, 3.63) is 80.3 Å². The van der Waals surface area contributed by atoms with Gasteiger partial charge in [0, 0.05) is 17.6 Å². The quantitative estimate of drug-likeness (QED) is 0.257. The van der Waals surface area contributed by atoms with Crippen molar-refractivity contribution < 1.29 is 28.0 Å². The van der Waals surface area contributed by atoms with Crippen LogP contribution in [-0.2, 0) is 11.1 Å². The summed E-state index contributed by atoms with van der Waals surface area (Å²) in [5.41, 5.74) is 2.28. The minimum Gasteiger partial charge on any atom is -0.538 e. The molecule has 182 valence electrons. The Balaban J connectivity index is 1.28. The van der Waals surface area contributed by atoms with Gasteiger partial charge in [0.2, 0.25) is 5.82 Å². The normalized spacial score (nSPS) is 12.4. The van der Waals surface area contributed by atoms with E-state index >= 15 is 0 Å². The van der Waals surface area contributed by atoms with Gasteiger partial charge in [-0.15, -0.1) is 0 Å². The summed E-state index contributed by atoms with van der Waals surface area (Å²) in [6.45, 7) is 0.276. The van der Waals surface area contributed by atoms with Crippen LogP contribution in [0.15, 0.2) is 61.1 Å². The Hall–Kier alpha value is -4.04. The van der Waals surface area contributed by atoms with Crippen LogP contribution in [0.5, 0.6) is 0 Å². The molecule has 4 aromatic rings. The second-order valence-electron chi connectivity index (χ2n) is 7.72. The summed E-state index contributed by atoms with van der Waals surface area (Å²) in [7, 11) is -1.22. The highest BCUT2D eigenvalue weighted by atomic mass is 79.9. The summed E-state index contributed by atoms with van der Waals surface area (Å²) < 4.78 is 29.7. The molecule has 1 amide bonds. The maximum Gasteiger partial charge on any atom is 0.561 e. The molecule has 11 nitrogen and oxygen atoms in total. The van der Waals surface area contributed by atoms with E-state index in [2.05, 4.69) is 36.7 Å². The molecule has 0 unspecified atom stereocenters. The van der Waals surface area contributed by atoms with Crippen molar-refractivity contribution in [2.75, 3.05) is 6.54 Å². The number of benzene rings is 2. The van der Waals surface area contributed by atoms with Crippen LogP contribution < -0.4 is 16.5 Å². The maximum absolute atomic E-state index is 13.7. The zero-order chi connectivity index (χ0) is 25.2. The van der Waals surface area contributed by atoms with Gasteiger partial charge >= 0.3 is 12.9 Å². The Morgan fingerprint density at radius 2 is 2.08 bits per heavy atom. The van der Waals surface area contributed by atoms with Gasteiger partial charge in [0.1, 0.15) is 11.5 Å². The Kier molecular flexibility index (Phi) is 6.52. The Morgan fingerprint density at radius 3 is 2.92 bits per heavy atom. The molecule has 0 spiro atoms. The van der Waals surface area contributed by atoms with Crippen LogP contribution in [0.3, 0.4) is 0 Å². The number of fused-ring (bicyclic) bond motifs is 1. The van der Waals surface area contributed by atoms with Crippen molar-refractivity contribution in [3.63, 3.8) is 0 Å². The molecule has 1 aliphatic heterocycles. The monoisotopic (exact) mass is 555 g/mol. The number of amides is 1. The zero-order valence-corrected chi connectivity index (χ0v) is 19.9. The van der Waals surface area contributed by atoms with Gasteiger partial charge in [-0.25, -0.2) is 18.4 Å². The number of carbonyl (C=O) groups excluding carboxylic acids is 1. The third-order valence-electron chi connectivity index (χ3n) is 5.50. The largest absolute Gasteiger partial charge is 0.561 e. The highest BCUT2D eigenvalue weighted by Gasteiger charge is 2.29. The SMILES string of the molecule is O=C(NCCCc1nonc1-c1noc(=O)n1-c1ccc(F)c(Br)c1)c1cccc2c1B(O)OC=C2. The summed E-state index contributed by atoms with van der Waals surface area (Å²) in [6, 6.07) is 9.10. The summed E-state index contributed by atoms with van der Waals surface area (Å²) in [6.07, 6.45) is 3.83. The van der Waals surface area contributed by atoms with Crippen molar-refractivity contribution >= 4 is 40.5 Å². The van der Waals surface area contributed by atoms with Gasteiger partial charge < -0.3 is 15.0 Å². The third-order valence-corrected chi connectivity index (χ3v) is 6.10. The van der Waals surface area contributed by atoms with Gasteiger partial charge in [-0.2, -0.15) is 0 Å². The van der Waals surface area contributed by atoms with E-state index in [1.807, 2.05) is 0 Å². The van der Waals surface area contributed by atoms with E-state index in [1.165, 1.54) is 24.5 Å². The van der Waals surface area contributed by atoms with E-state index in [-0.39, 0.29) is 28.4 Å².